The molecule has 1 aromatic heterocycles. The summed E-state index contributed by atoms with van der Waals surface area (Å²) in [6.07, 6.45) is 1.46. The van der Waals surface area contributed by atoms with Crippen LogP contribution in [-0.2, 0) is 6.54 Å². The molecular formula is C19H25FN6O. The molecule has 1 fully saturated rings. The molecule has 1 aliphatic rings. The highest BCUT2D eigenvalue weighted by Crippen LogP contribution is 2.17. The molecule has 0 radical (unpaired) electrons. The Morgan fingerprint density at radius 3 is 2.52 bits per heavy atom. The SMILES string of the molecule is CC(C)N1CCN(c2cc(NC(=O)NCc3ccc(F)cc3)ncn2)CC1. The first-order chi connectivity index (χ1) is 13.0. The minimum absolute atomic E-state index is 0.300. The largest absolute Gasteiger partial charge is 0.354 e. The summed E-state index contributed by atoms with van der Waals surface area (Å²) >= 11 is 0. The van der Waals surface area contributed by atoms with Gasteiger partial charge in [-0.25, -0.2) is 19.2 Å². The van der Waals surface area contributed by atoms with E-state index in [0.717, 1.165) is 37.6 Å². The van der Waals surface area contributed by atoms with E-state index in [1.54, 1.807) is 18.2 Å². The molecule has 0 aliphatic carbocycles. The highest BCUT2D eigenvalue weighted by molar-refractivity contribution is 5.88. The number of nitrogens with one attached hydrogen (secondary N) is 2. The zero-order valence-corrected chi connectivity index (χ0v) is 15.7. The lowest BCUT2D eigenvalue weighted by Crippen LogP contribution is -2.49. The van der Waals surface area contributed by atoms with Gasteiger partial charge in [0, 0.05) is 44.8 Å². The summed E-state index contributed by atoms with van der Waals surface area (Å²) in [6, 6.07) is 7.95. The van der Waals surface area contributed by atoms with Gasteiger partial charge < -0.3 is 10.2 Å². The predicted octanol–water partition coefficient (Wildman–Crippen LogP) is 2.47. The van der Waals surface area contributed by atoms with E-state index in [0.29, 0.717) is 18.4 Å². The number of aromatic nitrogens is 2. The normalized spacial score (nSPS) is 15.0. The number of rotatable bonds is 5. The minimum atomic E-state index is -0.367. The molecule has 8 heteroatoms. The Bertz CT molecular complexity index is 759. The first kappa shape index (κ1) is 19.0. The molecule has 0 saturated carbocycles. The van der Waals surface area contributed by atoms with E-state index in [4.69, 9.17) is 0 Å². The Labute approximate surface area is 158 Å². The van der Waals surface area contributed by atoms with Crippen molar-refractivity contribution in [3.05, 3.63) is 48.0 Å². The molecule has 2 heterocycles. The van der Waals surface area contributed by atoms with E-state index < -0.39 is 0 Å². The maximum atomic E-state index is 12.9. The zero-order chi connectivity index (χ0) is 19.2. The fourth-order valence-electron chi connectivity index (χ4n) is 3.00. The number of carbonyl (C=O) groups excluding carboxylic acids is 1. The Balaban J connectivity index is 1.52. The molecule has 2 amide bonds. The highest BCUT2D eigenvalue weighted by atomic mass is 19.1. The average molecular weight is 372 g/mol. The summed E-state index contributed by atoms with van der Waals surface area (Å²) in [5.41, 5.74) is 0.818. The maximum Gasteiger partial charge on any atom is 0.320 e. The molecule has 0 bridgehead atoms. The van der Waals surface area contributed by atoms with Gasteiger partial charge in [-0.05, 0) is 31.5 Å². The number of anilines is 2. The zero-order valence-electron chi connectivity index (χ0n) is 15.7. The van der Waals surface area contributed by atoms with E-state index in [9.17, 15) is 9.18 Å². The Kier molecular flexibility index (Phi) is 6.18. The van der Waals surface area contributed by atoms with Crippen molar-refractivity contribution in [2.45, 2.75) is 26.4 Å². The Morgan fingerprint density at radius 2 is 1.85 bits per heavy atom. The van der Waals surface area contributed by atoms with Crippen molar-refractivity contribution >= 4 is 17.7 Å². The maximum absolute atomic E-state index is 12.9. The van der Waals surface area contributed by atoms with Crippen molar-refractivity contribution in [1.82, 2.24) is 20.2 Å². The van der Waals surface area contributed by atoms with Gasteiger partial charge in [-0.15, -0.1) is 0 Å². The first-order valence-electron chi connectivity index (χ1n) is 9.11. The minimum Gasteiger partial charge on any atom is -0.354 e. The fourth-order valence-corrected chi connectivity index (χ4v) is 3.00. The second-order valence-corrected chi connectivity index (χ2v) is 6.81. The summed E-state index contributed by atoms with van der Waals surface area (Å²) in [7, 11) is 0. The molecule has 144 valence electrons. The number of urea groups is 1. The lowest BCUT2D eigenvalue weighted by Gasteiger charge is -2.37. The molecule has 0 atom stereocenters. The molecule has 2 aromatic rings. The van der Waals surface area contributed by atoms with Crippen LogP contribution < -0.4 is 15.5 Å². The number of halogens is 1. The van der Waals surface area contributed by atoms with Crippen molar-refractivity contribution < 1.29 is 9.18 Å². The van der Waals surface area contributed by atoms with E-state index >= 15 is 0 Å². The van der Waals surface area contributed by atoms with Crippen LogP contribution in [0.4, 0.5) is 20.8 Å². The summed E-state index contributed by atoms with van der Waals surface area (Å²) < 4.78 is 12.9. The van der Waals surface area contributed by atoms with Crippen molar-refractivity contribution in [3.63, 3.8) is 0 Å². The summed E-state index contributed by atoms with van der Waals surface area (Å²) in [5.74, 6) is 0.955. The van der Waals surface area contributed by atoms with Crippen LogP contribution >= 0.6 is 0 Å². The summed E-state index contributed by atoms with van der Waals surface area (Å²) in [4.78, 5) is 25.2. The number of hydrogen-bond donors (Lipinski definition) is 2. The van der Waals surface area contributed by atoms with Crippen molar-refractivity contribution in [2.24, 2.45) is 0 Å². The third-order valence-corrected chi connectivity index (χ3v) is 4.63. The third-order valence-electron chi connectivity index (χ3n) is 4.63. The van der Waals surface area contributed by atoms with Crippen molar-refractivity contribution in [3.8, 4) is 0 Å². The van der Waals surface area contributed by atoms with E-state index in [2.05, 4.69) is 44.2 Å². The second-order valence-electron chi connectivity index (χ2n) is 6.81. The Morgan fingerprint density at radius 1 is 1.15 bits per heavy atom. The molecule has 1 aromatic carbocycles. The lowest BCUT2D eigenvalue weighted by molar-refractivity contribution is 0.209. The van der Waals surface area contributed by atoms with Gasteiger partial charge in [0.05, 0.1) is 0 Å². The first-order valence-corrected chi connectivity index (χ1v) is 9.11. The molecule has 27 heavy (non-hydrogen) atoms. The van der Waals surface area contributed by atoms with Gasteiger partial charge in [-0.2, -0.15) is 0 Å². The molecule has 1 saturated heterocycles. The number of amides is 2. The molecular weight excluding hydrogens is 347 g/mol. The van der Waals surface area contributed by atoms with Crippen LogP contribution in [0.25, 0.3) is 0 Å². The number of hydrogen-bond acceptors (Lipinski definition) is 5. The van der Waals surface area contributed by atoms with Crippen LogP contribution in [0.15, 0.2) is 36.7 Å². The van der Waals surface area contributed by atoms with E-state index in [1.165, 1.54) is 18.5 Å². The molecule has 0 spiro atoms. The average Bonchev–Trinajstić information content (AvgIpc) is 2.68. The van der Waals surface area contributed by atoms with Gasteiger partial charge in [0.25, 0.3) is 0 Å². The standard InChI is InChI=1S/C19H25FN6O/c1-14(2)25-7-9-26(10-8-25)18-11-17(22-13-23-18)24-19(27)21-12-15-3-5-16(20)6-4-15/h3-6,11,13-14H,7-10,12H2,1-2H3,(H2,21,22,23,24,27). The Hall–Kier alpha value is -2.74. The van der Waals surface area contributed by atoms with Gasteiger partial charge in [-0.1, -0.05) is 12.1 Å². The van der Waals surface area contributed by atoms with Gasteiger partial charge >= 0.3 is 6.03 Å². The lowest BCUT2D eigenvalue weighted by atomic mass is 10.2. The number of benzene rings is 1. The van der Waals surface area contributed by atoms with Crippen LogP contribution in [0.2, 0.25) is 0 Å². The van der Waals surface area contributed by atoms with Crippen LogP contribution in [0, 0.1) is 5.82 Å². The van der Waals surface area contributed by atoms with Gasteiger partial charge in [0.15, 0.2) is 0 Å². The van der Waals surface area contributed by atoms with Gasteiger partial charge in [0.1, 0.15) is 23.8 Å². The predicted molar refractivity (Wildman–Crippen MR) is 103 cm³/mol. The number of carbonyl (C=O) groups is 1. The molecule has 2 N–H and O–H groups in total. The fraction of sp³-hybridized carbons (Fsp3) is 0.421. The van der Waals surface area contributed by atoms with Crippen LogP contribution in [0.5, 0.6) is 0 Å². The summed E-state index contributed by atoms with van der Waals surface area (Å²) in [5, 5.41) is 5.45. The van der Waals surface area contributed by atoms with Crippen LogP contribution in [0.3, 0.4) is 0 Å². The molecule has 7 nitrogen and oxygen atoms in total. The van der Waals surface area contributed by atoms with Crippen molar-refractivity contribution in [1.29, 1.82) is 0 Å². The van der Waals surface area contributed by atoms with E-state index in [-0.39, 0.29) is 11.8 Å². The van der Waals surface area contributed by atoms with Crippen LogP contribution in [0.1, 0.15) is 19.4 Å². The smallest absolute Gasteiger partial charge is 0.320 e. The van der Waals surface area contributed by atoms with Gasteiger partial charge in [-0.3, -0.25) is 10.2 Å². The molecule has 3 rings (SSSR count). The second kappa shape index (κ2) is 8.77. The monoisotopic (exact) mass is 372 g/mol. The van der Waals surface area contributed by atoms with Crippen LogP contribution in [-0.4, -0.2) is 53.1 Å². The molecule has 1 aliphatic heterocycles. The summed E-state index contributed by atoms with van der Waals surface area (Å²) in [6.45, 7) is 8.48. The van der Waals surface area contributed by atoms with Gasteiger partial charge in [0.2, 0.25) is 0 Å². The quantitative estimate of drug-likeness (QED) is 0.844. The topological polar surface area (TPSA) is 73.4 Å². The van der Waals surface area contributed by atoms with E-state index in [1.807, 2.05) is 0 Å². The number of nitrogens with zero attached hydrogens (tertiary/aromatic N) is 4. The highest BCUT2D eigenvalue weighted by Gasteiger charge is 2.20. The van der Waals surface area contributed by atoms with Crippen molar-refractivity contribution in [2.75, 3.05) is 36.4 Å². The third kappa shape index (κ3) is 5.37. The molecule has 0 unspecified atom stereocenters. The number of piperazine rings is 1.